The van der Waals surface area contributed by atoms with Crippen molar-refractivity contribution >= 4 is 5.91 Å². The minimum Gasteiger partial charge on any atom is -0.338 e. The minimum atomic E-state index is -0.798. The number of carbonyl (C=O) groups is 1. The summed E-state index contributed by atoms with van der Waals surface area (Å²) in [5.74, 6) is 0.0681. The van der Waals surface area contributed by atoms with Gasteiger partial charge in [0.1, 0.15) is 5.54 Å². The van der Waals surface area contributed by atoms with Gasteiger partial charge in [-0.2, -0.15) is 5.26 Å². The van der Waals surface area contributed by atoms with Crippen LogP contribution in [0.4, 0.5) is 0 Å². The SMILES string of the molecule is CC(CC(=O)NC(C)(C)C#N)c1ccccc1. The molecule has 0 bridgehead atoms. The van der Waals surface area contributed by atoms with Crippen molar-refractivity contribution in [2.24, 2.45) is 0 Å². The predicted molar refractivity (Wildman–Crippen MR) is 67.3 cm³/mol. The molecule has 0 heterocycles. The van der Waals surface area contributed by atoms with E-state index in [0.717, 1.165) is 5.56 Å². The molecule has 0 spiro atoms. The van der Waals surface area contributed by atoms with Gasteiger partial charge in [-0.3, -0.25) is 4.79 Å². The van der Waals surface area contributed by atoms with Gasteiger partial charge in [-0.25, -0.2) is 0 Å². The highest BCUT2D eigenvalue weighted by atomic mass is 16.1. The highest BCUT2D eigenvalue weighted by Crippen LogP contribution is 2.18. The van der Waals surface area contributed by atoms with Gasteiger partial charge in [0, 0.05) is 6.42 Å². The summed E-state index contributed by atoms with van der Waals surface area (Å²) in [6.07, 6.45) is 0.398. The number of hydrogen-bond acceptors (Lipinski definition) is 2. The van der Waals surface area contributed by atoms with E-state index in [0.29, 0.717) is 6.42 Å². The average Bonchev–Trinajstić information content (AvgIpc) is 2.29. The molecule has 1 aromatic carbocycles. The summed E-state index contributed by atoms with van der Waals surface area (Å²) in [4.78, 5) is 11.7. The second-order valence-electron chi connectivity index (χ2n) is 4.80. The number of hydrogen-bond donors (Lipinski definition) is 1. The van der Waals surface area contributed by atoms with E-state index in [9.17, 15) is 4.79 Å². The summed E-state index contributed by atoms with van der Waals surface area (Å²) >= 11 is 0. The molecule has 0 radical (unpaired) electrons. The predicted octanol–water partition coefficient (Wildman–Crippen LogP) is 2.60. The number of nitrogens with zero attached hydrogens (tertiary/aromatic N) is 1. The zero-order chi connectivity index (χ0) is 12.9. The van der Waals surface area contributed by atoms with Crippen LogP contribution in [0.1, 0.15) is 38.7 Å². The molecule has 1 atom stereocenters. The highest BCUT2D eigenvalue weighted by Gasteiger charge is 2.20. The lowest BCUT2D eigenvalue weighted by Gasteiger charge is -2.19. The van der Waals surface area contributed by atoms with Crippen molar-refractivity contribution in [2.75, 3.05) is 0 Å². The maximum Gasteiger partial charge on any atom is 0.221 e. The minimum absolute atomic E-state index is 0.0899. The van der Waals surface area contributed by atoms with E-state index in [2.05, 4.69) is 11.4 Å². The summed E-state index contributed by atoms with van der Waals surface area (Å²) in [5.41, 5.74) is 0.338. The zero-order valence-electron chi connectivity index (χ0n) is 10.5. The monoisotopic (exact) mass is 230 g/mol. The second-order valence-corrected chi connectivity index (χ2v) is 4.80. The normalized spacial score (nSPS) is 12.6. The van der Waals surface area contributed by atoms with Gasteiger partial charge in [0.05, 0.1) is 6.07 Å². The fourth-order valence-corrected chi connectivity index (χ4v) is 1.61. The van der Waals surface area contributed by atoms with E-state index in [4.69, 9.17) is 5.26 Å². The first-order valence-corrected chi connectivity index (χ1v) is 5.72. The first kappa shape index (κ1) is 13.2. The molecule has 0 saturated heterocycles. The fourth-order valence-electron chi connectivity index (χ4n) is 1.61. The van der Waals surface area contributed by atoms with Crippen LogP contribution in [0.2, 0.25) is 0 Å². The maximum absolute atomic E-state index is 11.7. The number of nitriles is 1. The van der Waals surface area contributed by atoms with Crippen LogP contribution in [-0.2, 0) is 4.79 Å². The van der Waals surface area contributed by atoms with Gasteiger partial charge in [-0.05, 0) is 25.3 Å². The van der Waals surface area contributed by atoms with Crippen LogP contribution < -0.4 is 5.32 Å². The Hall–Kier alpha value is -1.82. The molecular weight excluding hydrogens is 212 g/mol. The van der Waals surface area contributed by atoms with Crippen LogP contribution in [0.25, 0.3) is 0 Å². The van der Waals surface area contributed by atoms with Crippen LogP contribution in [0.15, 0.2) is 30.3 Å². The molecule has 3 nitrogen and oxygen atoms in total. The Morgan fingerprint density at radius 2 is 2.00 bits per heavy atom. The van der Waals surface area contributed by atoms with Crippen LogP contribution >= 0.6 is 0 Å². The van der Waals surface area contributed by atoms with Crippen molar-refractivity contribution in [3.8, 4) is 6.07 Å². The van der Waals surface area contributed by atoms with Gasteiger partial charge in [0.2, 0.25) is 5.91 Å². The largest absolute Gasteiger partial charge is 0.338 e. The van der Waals surface area contributed by atoms with Crippen LogP contribution in [-0.4, -0.2) is 11.4 Å². The summed E-state index contributed by atoms with van der Waals surface area (Å²) < 4.78 is 0. The average molecular weight is 230 g/mol. The Morgan fingerprint density at radius 1 is 1.41 bits per heavy atom. The topological polar surface area (TPSA) is 52.9 Å². The van der Waals surface area contributed by atoms with Crippen molar-refractivity contribution in [1.82, 2.24) is 5.32 Å². The molecule has 1 unspecified atom stereocenters. The molecule has 0 aliphatic rings. The molecule has 0 aliphatic carbocycles. The summed E-state index contributed by atoms with van der Waals surface area (Å²) in [5, 5.41) is 11.5. The third kappa shape index (κ3) is 4.28. The molecule has 17 heavy (non-hydrogen) atoms. The Labute approximate surface area is 102 Å². The lowest BCUT2D eigenvalue weighted by atomic mass is 9.97. The Balaban J connectivity index is 2.56. The van der Waals surface area contributed by atoms with E-state index >= 15 is 0 Å². The lowest BCUT2D eigenvalue weighted by Crippen LogP contribution is -2.42. The number of benzene rings is 1. The first-order valence-electron chi connectivity index (χ1n) is 5.72. The van der Waals surface area contributed by atoms with Gasteiger partial charge in [0.15, 0.2) is 0 Å². The van der Waals surface area contributed by atoms with E-state index in [1.165, 1.54) is 0 Å². The third-order valence-electron chi connectivity index (χ3n) is 2.59. The maximum atomic E-state index is 11.7. The number of amides is 1. The van der Waals surface area contributed by atoms with Crippen molar-refractivity contribution in [3.05, 3.63) is 35.9 Å². The van der Waals surface area contributed by atoms with E-state index < -0.39 is 5.54 Å². The highest BCUT2D eigenvalue weighted by molar-refractivity contribution is 5.78. The van der Waals surface area contributed by atoms with E-state index in [1.54, 1.807) is 13.8 Å². The molecule has 90 valence electrons. The summed E-state index contributed by atoms with van der Waals surface area (Å²) in [7, 11) is 0. The van der Waals surface area contributed by atoms with Gasteiger partial charge in [-0.15, -0.1) is 0 Å². The number of nitrogens with one attached hydrogen (secondary N) is 1. The van der Waals surface area contributed by atoms with Gasteiger partial charge in [0.25, 0.3) is 0 Å². The quantitative estimate of drug-likeness (QED) is 0.864. The van der Waals surface area contributed by atoms with Gasteiger partial charge in [-0.1, -0.05) is 37.3 Å². The van der Waals surface area contributed by atoms with E-state index in [-0.39, 0.29) is 11.8 Å². The molecule has 1 rings (SSSR count). The number of carbonyl (C=O) groups excluding carboxylic acids is 1. The van der Waals surface area contributed by atoms with Crippen molar-refractivity contribution in [3.63, 3.8) is 0 Å². The summed E-state index contributed by atoms with van der Waals surface area (Å²) in [6, 6.07) is 11.9. The molecule has 1 amide bonds. The van der Waals surface area contributed by atoms with Crippen LogP contribution in [0.3, 0.4) is 0 Å². The van der Waals surface area contributed by atoms with Gasteiger partial charge >= 0.3 is 0 Å². The Bertz CT molecular complexity index is 418. The third-order valence-corrected chi connectivity index (χ3v) is 2.59. The lowest BCUT2D eigenvalue weighted by molar-refractivity contribution is -0.122. The zero-order valence-corrected chi connectivity index (χ0v) is 10.5. The van der Waals surface area contributed by atoms with Crippen LogP contribution in [0.5, 0.6) is 0 Å². The Morgan fingerprint density at radius 3 is 2.53 bits per heavy atom. The fraction of sp³-hybridized carbons (Fsp3) is 0.429. The molecule has 0 aromatic heterocycles. The second kappa shape index (κ2) is 5.49. The van der Waals surface area contributed by atoms with Crippen molar-refractivity contribution < 1.29 is 4.79 Å². The smallest absolute Gasteiger partial charge is 0.221 e. The summed E-state index contributed by atoms with van der Waals surface area (Å²) in [6.45, 7) is 5.39. The van der Waals surface area contributed by atoms with Crippen LogP contribution in [0, 0.1) is 11.3 Å². The molecule has 0 aliphatic heterocycles. The molecule has 1 aromatic rings. The first-order chi connectivity index (χ1) is 7.94. The standard InChI is InChI=1S/C14H18N2O/c1-11(12-7-5-4-6-8-12)9-13(17)16-14(2,3)10-15/h4-8,11H,9H2,1-3H3,(H,16,17). The van der Waals surface area contributed by atoms with E-state index in [1.807, 2.05) is 37.3 Å². The molecule has 0 saturated carbocycles. The number of rotatable bonds is 4. The molecule has 1 N–H and O–H groups in total. The molecule has 0 fully saturated rings. The van der Waals surface area contributed by atoms with Crippen molar-refractivity contribution in [1.29, 1.82) is 5.26 Å². The molecule has 3 heteroatoms. The van der Waals surface area contributed by atoms with Crippen molar-refractivity contribution in [2.45, 2.75) is 38.6 Å². The van der Waals surface area contributed by atoms with Gasteiger partial charge < -0.3 is 5.32 Å². The molecular formula is C14H18N2O. The Kier molecular flexibility index (Phi) is 4.28.